The summed E-state index contributed by atoms with van der Waals surface area (Å²) >= 11 is 1.61. The van der Waals surface area contributed by atoms with Crippen molar-refractivity contribution in [2.24, 2.45) is 5.92 Å². The van der Waals surface area contributed by atoms with Gasteiger partial charge in [0.2, 0.25) is 5.91 Å². The molecule has 1 amide bonds. The number of hydrogen-bond donors (Lipinski definition) is 2. The Hall–Kier alpha value is -1.43. The number of benzene rings is 1. The van der Waals surface area contributed by atoms with Crippen LogP contribution in [-0.4, -0.2) is 24.0 Å². The predicted octanol–water partition coefficient (Wildman–Crippen LogP) is 2.07. The highest BCUT2D eigenvalue weighted by Gasteiger charge is 2.24. The van der Waals surface area contributed by atoms with Gasteiger partial charge in [0, 0.05) is 24.0 Å². The maximum atomic E-state index is 11.7. The van der Waals surface area contributed by atoms with Crippen LogP contribution in [0.3, 0.4) is 0 Å². The van der Waals surface area contributed by atoms with Gasteiger partial charge in [-0.25, -0.2) is 4.98 Å². The Balaban J connectivity index is 0.00000147. The predicted molar refractivity (Wildman–Crippen MR) is 83.0 cm³/mol. The first-order valence-corrected chi connectivity index (χ1v) is 7.19. The molecule has 2 aromatic rings. The Morgan fingerprint density at radius 2 is 2.10 bits per heavy atom. The first kappa shape index (κ1) is 15.0. The minimum atomic E-state index is 0. The van der Waals surface area contributed by atoms with E-state index in [0.717, 1.165) is 29.4 Å². The van der Waals surface area contributed by atoms with Crippen LogP contribution in [0.2, 0.25) is 0 Å². The number of nitrogens with zero attached hydrogens (tertiary/aromatic N) is 1. The minimum absolute atomic E-state index is 0. The molecule has 6 heteroatoms. The molecule has 0 aliphatic carbocycles. The molecule has 4 nitrogen and oxygen atoms in total. The van der Waals surface area contributed by atoms with E-state index in [9.17, 15) is 4.79 Å². The van der Waals surface area contributed by atoms with Crippen LogP contribution in [0.4, 0.5) is 0 Å². The Morgan fingerprint density at radius 1 is 1.35 bits per heavy atom. The van der Waals surface area contributed by atoms with Crippen molar-refractivity contribution in [1.29, 1.82) is 0 Å². The molecule has 0 spiro atoms. The number of rotatable bonds is 4. The molecule has 2 heterocycles. The van der Waals surface area contributed by atoms with Gasteiger partial charge in [-0.15, -0.1) is 23.7 Å². The van der Waals surface area contributed by atoms with Gasteiger partial charge >= 0.3 is 0 Å². The van der Waals surface area contributed by atoms with Crippen LogP contribution in [-0.2, 0) is 11.3 Å². The third-order valence-corrected chi connectivity index (χ3v) is 4.11. The maximum absolute atomic E-state index is 11.7. The van der Waals surface area contributed by atoms with Crippen molar-refractivity contribution in [1.82, 2.24) is 15.6 Å². The summed E-state index contributed by atoms with van der Waals surface area (Å²) < 4.78 is 0. The largest absolute Gasteiger partial charge is 0.350 e. The molecule has 1 fully saturated rings. The lowest BCUT2D eigenvalue weighted by Gasteiger charge is -2.25. The molecule has 20 heavy (non-hydrogen) atoms. The molecule has 0 radical (unpaired) electrons. The van der Waals surface area contributed by atoms with Gasteiger partial charge in [-0.2, -0.15) is 0 Å². The summed E-state index contributed by atoms with van der Waals surface area (Å²) in [5.74, 6) is 0.250. The van der Waals surface area contributed by atoms with Gasteiger partial charge in [0.05, 0.1) is 18.2 Å². The summed E-state index contributed by atoms with van der Waals surface area (Å²) in [4.78, 5) is 16.2. The zero-order valence-electron chi connectivity index (χ0n) is 10.8. The summed E-state index contributed by atoms with van der Waals surface area (Å²) in [6, 6.07) is 10.1. The molecule has 1 aliphatic rings. The minimum Gasteiger partial charge on any atom is -0.350 e. The van der Waals surface area contributed by atoms with E-state index in [1.54, 1.807) is 11.3 Å². The molecule has 0 atom stereocenters. The Labute approximate surface area is 128 Å². The molecule has 0 saturated carbocycles. The number of nitrogens with one attached hydrogen (secondary N) is 2. The smallest absolute Gasteiger partial charge is 0.226 e. The van der Waals surface area contributed by atoms with E-state index in [1.165, 1.54) is 0 Å². The van der Waals surface area contributed by atoms with Crippen LogP contribution in [0.15, 0.2) is 35.7 Å². The van der Waals surface area contributed by atoms with Crippen LogP contribution in [0, 0.1) is 5.92 Å². The Bertz CT molecular complexity index is 569. The van der Waals surface area contributed by atoms with E-state index in [4.69, 9.17) is 0 Å². The average Bonchev–Trinajstić information content (AvgIpc) is 2.84. The van der Waals surface area contributed by atoms with Gasteiger partial charge in [0.15, 0.2) is 0 Å². The van der Waals surface area contributed by atoms with Crippen molar-refractivity contribution in [3.8, 4) is 10.6 Å². The maximum Gasteiger partial charge on any atom is 0.226 e. The molecule has 1 saturated heterocycles. The van der Waals surface area contributed by atoms with Crippen LogP contribution in [0.25, 0.3) is 10.6 Å². The molecule has 1 aliphatic heterocycles. The van der Waals surface area contributed by atoms with E-state index in [0.29, 0.717) is 6.54 Å². The van der Waals surface area contributed by atoms with Crippen molar-refractivity contribution in [2.45, 2.75) is 6.54 Å². The van der Waals surface area contributed by atoms with Gasteiger partial charge in [-0.3, -0.25) is 4.79 Å². The molecular formula is C14H16ClN3OS. The second-order valence-corrected chi connectivity index (χ2v) is 5.44. The van der Waals surface area contributed by atoms with Crippen molar-refractivity contribution < 1.29 is 4.79 Å². The van der Waals surface area contributed by atoms with E-state index in [1.807, 2.05) is 35.7 Å². The molecule has 1 aromatic carbocycles. The van der Waals surface area contributed by atoms with Crippen LogP contribution < -0.4 is 10.6 Å². The summed E-state index contributed by atoms with van der Waals surface area (Å²) in [5, 5.41) is 9.02. The third-order valence-electron chi connectivity index (χ3n) is 3.17. The topological polar surface area (TPSA) is 54.0 Å². The highest BCUT2D eigenvalue weighted by atomic mass is 35.5. The lowest BCUT2D eigenvalue weighted by molar-refractivity contribution is -0.126. The van der Waals surface area contributed by atoms with Crippen molar-refractivity contribution in [3.63, 3.8) is 0 Å². The molecular weight excluding hydrogens is 294 g/mol. The second-order valence-electron chi connectivity index (χ2n) is 4.58. The third kappa shape index (κ3) is 3.36. The second kappa shape index (κ2) is 6.83. The average molecular weight is 310 g/mol. The number of hydrogen-bond acceptors (Lipinski definition) is 4. The Morgan fingerprint density at radius 3 is 2.75 bits per heavy atom. The first-order valence-electron chi connectivity index (χ1n) is 6.31. The van der Waals surface area contributed by atoms with Gasteiger partial charge < -0.3 is 10.6 Å². The number of halogens is 1. The van der Waals surface area contributed by atoms with Gasteiger partial charge in [-0.05, 0) is 0 Å². The van der Waals surface area contributed by atoms with E-state index < -0.39 is 0 Å². The fraction of sp³-hybridized carbons (Fsp3) is 0.286. The SMILES string of the molecule is Cl.O=C(NCc1csc(-c2ccccc2)n1)C1CNC1. The van der Waals surface area contributed by atoms with Crippen LogP contribution >= 0.6 is 23.7 Å². The van der Waals surface area contributed by atoms with Gasteiger partial charge in [-0.1, -0.05) is 30.3 Å². The van der Waals surface area contributed by atoms with Crippen molar-refractivity contribution in [3.05, 3.63) is 41.4 Å². The number of thiazole rings is 1. The van der Waals surface area contributed by atoms with Crippen LogP contribution in [0.1, 0.15) is 5.69 Å². The van der Waals surface area contributed by atoms with E-state index >= 15 is 0 Å². The number of carbonyl (C=O) groups is 1. The molecule has 0 unspecified atom stereocenters. The summed E-state index contributed by atoms with van der Waals surface area (Å²) in [5.41, 5.74) is 2.04. The fourth-order valence-corrected chi connectivity index (χ4v) is 2.72. The highest BCUT2D eigenvalue weighted by molar-refractivity contribution is 7.13. The quantitative estimate of drug-likeness (QED) is 0.909. The number of carbonyl (C=O) groups excluding carboxylic acids is 1. The molecule has 0 bridgehead atoms. The molecule has 106 valence electrons. The van der Waals surface area contributed by atoms with Gasteiger partial charge in [0.25, 0.3) is 0 Å². The summed E-state index contributed by atoms with van der Waals surface area (Å²) in [7, 11) is 0. The van der Waals surface area contributed by atoms with E-state index in [-0.39, 0.29) is 24.2 Å². The van der Waals surface area contributed by atoms with E-state index in [2.05, 4.69) is 15.6 Å². The normalized spacial score (nSPS) is 14.2. The molecule has 1 aromatic heterocycles. The number of aromatic nitrogens is 1. The number of amides is 1. The highest BCUT2D eigenvalue weighted by Crippen LogP contribution is 2.23. The molecule has 2 N–H and O–H groups in total. The molecule has 3 rings (SSSR count). The summed E-state index contributed by atoms with van der Waals surface area (Å²) in [6.07, 6.45) is 0. The first-order chi connectivity index (χ1) is 9.33. The lowest BCUT2D eigenvalue weighted by atomic mass is 10.0. The van der Waals surface area contributed by atoms with Crippen molar-refractivity contribution in [2.75, 3.05) is 13.1 Å². The van der Waals surface area contributed by atoms with Gasteiger partial charge in [0.1, 0.15) is 5.01 Å². The Kier molecular flexibility index (Phi) is 5.11. The standard InChI is InChI=1S/C14H15N3OS.ClH/c18-13(11-6-15-7-11)16-8-12-9-19-14(17-12)10-4-2-1-3-5-10;/h1-5,9,11,15H,6-8H2,(H,16,18);1H. The zero-order valence-corrected chi connectivity index (χ0v) is 12.5. The lowest BCUT2D eigenvalue weighted by Crippen LogP contribution is -2.50. The monoisotopic (exact) mass is 309 g/mol. The summed E-state index contributed by atoms with van der Waals surface area (Å²) in [6.45, 7) is 2.09. The van der Waals surface area contributed by atoms with Crippen LogP contribution in [0.5, 0.6) is 0 Å². The zero-order chi connectivity index (χ0) is 13.1. The van der Waals surface area contributed by atoms with Crippen molar-refractivity contribution >= 4 is 29.7 Å². The fourth-order valence-electron chi connectivity index (χ4n) is 1.90.